The molecule has 0 saturated carbocycles. The van der Waals surface area contributed by atoms with E-state index in [0.29, 0.717) is 0 Å². The molecule has 0 radical (unpaired) electrons. The number of hydrogen-bond acceptors (Lipinski definition) is 4. The number of halogens is 4. The van der Waals surface area contributed by atoms with E-state index in [1.807, 2.05) is 0 Å². The zero-order valence-electron chi connectivity index (χ0n) is 9.44. The minimum Gasteiger partial charge on any atom is -0.262 e. The average molecular weight is 373 g/mol. The van der Waals surface area contributed by atoms with Crippen LogP contribution in [0.3, 0.4) is 0 Å². The highest BCUT2D eigenvalue weighted by atomic mass is 35.5. The third-order valence-electron chi connectivity index (χ3n) is 2.18. The average Bonchev–Trinajstić information content (AvgIpc) is 2.38. The fraction of sp³-hybridized carbons (Fsp3) is 0. The fourth-order valence-electron chi connectivity index (χ4n) is 1.29. The molecule has 0 atom stereocenters. The van der Waals surface area contributed by atoms with Crippen LogP contribution in [0.15, 0.2) is 29.4 Å². The monoisotopic (exact) mass is 371 g/mol. The van der Waals surface area contributed by atoms with E-state index in [2.05, 4.69) is 14.7 Å². The molecule has 1 aromatic carbocycles. The van der Waals surface area contributed by atoms with Crippen molar-refractivity contribution in [2.75, 3.05) is 4.72 Å². The lowest BCUT2D eigenvalue weighted by molar-refractivity contribution is 0.601. The molecule has 0 unspecified atom stereocenters. The summed E-state index contributed by atoms with van der Waals surface area (Å²) in [6.07, 6.45) is 1.08. The molecule has 0 amide bonds. The van der Waals surface area contributed by atoms with Crippen molar-refractivity contribution in [3.8, 4) is 0 Å². The Bertz CT molecular complexity index is 767. The molecule has 10 heteroatoms. The van der Waals surface area contributed by atoms with E-state index in [-0.39, 0.29) is 30.9 Å². The first kappa shape index (κ1) is 15.6. The second-order valence-corrected chi connectivity index (χ2v) is 6.66. The highest BCUT2D eigenvalue weighted by molar-refractivity contribution is 7.92. The van der Waals surface area contributed by atoms with Crippen molar-refractivity contribution in [3.63, 3.8) is 0 Å². The lowest BCUT2D eigenvalue weighted by Gasteiger charge is -2.10. The largest absolute Gasteiger partial charge is 0.264 e. The minimum atomic E-state index is -4.01. The summed E-state index contributed by atoms with van der Waals surface area (Å²) in [5.74, 6) is -0.150. The van der Waals surface area contributed by atoms with E-state index in [4.69, 9.17) is 46.4 Å². The lowest BCUT2D eigenvalue weighted by Crippen LogP contribution is -2.15. The van der Waals surface area contributed by atoms with Crippen LogP contribution in [0.25, 0.3) is 0 Å². The van der Waals surface area contributed by atoms with E-state index in [9.17, 15) is 8.42 Å². The Labute approximate surface area is 134 Å². The summed E-state index contributed by atoms with van der Waals surface area (Å²) in [4.78, 5) is 7.13. The zero-order chi connectivity index (χ0) is 14.9. The summed E-state index contributed by atoms with van der Waals surface area (Å²) >= 11 is 23.1. The van der Waals surface area contributed by atoms with Crippen LogP contribution in [0.2, 0.25) is 20.2 Å². The molecule has 0 aliphatic rings. The number of anilines is 1. The summed E-state index contributed by atoms with van der Waals surface area (Å²) in [6, 6.07) is 4.22. The maximum Gasteiger partial charge on any atom is 0.264 e. The number of hydrogen-bond donors (Lipinski definition) is 1. The fourth-order valence-corrected chi connectivity index (χ4v) is 3.41. The number of nitrogens with zero attached hydrogens (tertiary/aromatic N) is 2. The quantitative estimate of drug-likeness (QED) is 0.829. The molecule has 1 N–H and O–H groups in total. The maximum absolute atomic E-state index is 12.2. The van der Waals surface area contributed by atoms with Crippen LogP contribution in [-0.2, 0) is 10.0 Å². The smallest absolute Gasteiger partial charge is 0.262 e. The van der Waals surface area contributed by atoms with Crippen LogP contribution in [-0.4, -0.2) is 18.4 Å². The molecule has 1 aromatic heterocycles. The molecule has 0 aliphatic carbocycles. The van der Waals surface area contributed by atoms with Crippen LogP contribution in [0.5, 0.6) is 0 Å². The summed E-state index contributed by atoms with van der Waals surface area (Å²) in [5, 5.41) is -0.174. The summed E-state index contributed by atoms with van der Waals surface area (Å²) in [6.45, 7) is 0. The van der Waals surface area contributed by atoms with Gasteiger partial charge in [0.2, 0.25) is 0 Å². The molecule has 0 aliphatic heterocycles. The molecule has 0 fully saturated rings. The molecule has 1 heterocycles. The van der Waals surface area contributed by atoms with Crippen LogP contribution in [0, 0.1) is 0 Å². The first-order valence-corrected chi connectivity index (χ1v) is 7.95. The number of benzene rings is 1. The Morgan fingerprint density at radius 1 is 1.00 bits per heavy atom. The molecular weight excluding hydrogens is 368 g/mol. The van der Waals surface area contributed by atoms with Crippen molar-refractivity contribution in [1.29, 1.82) is 0 Å². The van der Waals surface area contributed by atoms with Gasteiger partial charge in [0, 0.05) is 0 Å². The Kier molecular flexibility index (Phi) is 4.61. The van der Waals surface area contributed by atoms with E-state index >= 15 is 0 Å². The van der Waals surface area contributed by atoms with Crippen molar-refractivity contribution in [2.45, 2.75) is 4.90 Å². The van der Waals surface area contributed by atoms with Gasteiger partial charge in [0.05, 0.1) is 10.0 Å². The first-order chi connectivity index (χ1) is 9.33. The van der Waals surface area contributed by atoms with Crippen molar-refractivity contribution in [1.82, 2.24) is 9.97 Å². The number of aromatic nitrogens is 2. The maximum atomic E-state index is 12.2. The van der Waals surface area contributed by atoms with Gasteiger partial charge in [0.25, 0.3) is 10.0 Å². The molecule has 0 bridgehead atoms. The molecule has 0 spiro atoms. The van der Waals surface area contributed by atoms with Gasteiger partial charge < -0.3 is 0 Å². The van der Waals surface area contributed by atoms with Crippen LogP contribution in [0.1, 0.15) is 0 Å². The second kappa shape index (κ2) is 5.91. The predicted octanol–water partition coefficient (Wildman–Crippen LogP) is 3.89. The molecule has 2 rings (SSSR count). The third kappa shape index (κ3) is 3.10. The molecule has 0 saturated heterocycles. The van der Waals surface area contributed by atoms with Gasteiger partial charge in [0.1, 0.15) is 16.2 Å². The highest BCUT2D eigenvalue weighted by Crippen LogP contribution is 2.32. The zero-order valence-corrected chi connectivity index (χ0v) is 13.3. The Morgan fingerprint density at radius 3 is 2.40 bits per heavy atom. The minimum absolute atomic E-state index is 0.0726. The van der Waals surface area contributed by atoms with Gasteiger partial charge in [-0.05, 0) is 12.1 Å². The van der Waals surface area contributed by atoms with E-state index < -0.39 is 10.0 Å². The van der Waals surface area contributed by atoms with E-state index in [1.165, 1.54) is 18.2 Å². The normalized spacial score (nSPS) is 11.4. The summed E-state index contributed by atoms with van der Waals surface area (Å²) in [7, 11) is -4.01. The molecule has 5 nitrogen and oxygen atoms in total. The van der Waals surface area contributed by atoms with Crippen LogP contribution in [0.4, 0.5) is 5.82 Å². The van der Waals surface area contributed by atoms with Gasteiger partial charge in [-0.25, -0.2) is 18.4 Å². The van der Waals surface area contributed by atoms with Gasteiger partial charge in [-0.3, -0.25) is 4.72 Å². The Balaban J connectivity index is 2.47. The summed E-state index contributed by atoms with van der Waals surface area (Å²) in [5.41, 5.74) is 0. The standard InChI is InChI=1S/C10H5Cl4N3O2S/c11-5-2-1-3-6(7(5)12)20(18,19)17-10-8(13)9(14)15-4-16-10/h1-4H,(H,15,16,17). The number of nitrogens with one attached hydrogen (secondary N) is 1. The summed E-state index contributed by atoms with van der Waals surface area (Å²) < 4.78 is 26.6. The molecule has 106 valence electrons. The molecule has 2 aromatic rings. The lowest BCUT2D eigenvalue weighted by atomic mass is 10.4. The SMILES string of the molecule is O=S(=O)(Nc1ncnc(Cl)c1Cl)c1cccc(Cl)c1Cl. The van der Waals surface area contributed by atoms with E-state index in [0.717, 1.165) is 6.33 Å². The Morgan fingerprint density at radius 2 is 1.70 bits per heavy atom. The van der Waals surface area contributed by atoms with Gasteiger partial charge in [-0.1, -0.05) is 52.5 Å². The number of rotatable bonds is 3. The topological polar surface area (TPSA) is 72.0 Å². The van der Waals surface area contributed by atoms with Crippen molar-refractivity contribution >= 4 is 62.2 Å². The third-order valence-corrected chi connectivity index (χ3v) is 5.24. The van der Waals surface area contributed by atoms with Crippen molar-refractivity contribution < 1.29 is 8.42 Å². The van der Waals surface area contributed by atoms with Gasteiger partial charge in [-0.2, -0.15) is 0 Å². The van der Waals surface area contributed by atoms with Crippen molar-refractivity contribution in [2.24, 2.45) is 0 Å². The molecular formula is C10H5Cl4N3O2S. The highest BCUT2D eigenvalue weighted by Gasteiger charge is 2.22. The number of sulfonamides is 1. The van der Waals surface area contributed by atoms with E-state index in [1.54, 1.807) is 0 Å². The van der Waals surface area contributed by atoms with Gasteiger partial charge >= 0.3 is 0 Å². The van der Waals surface area contributed by atoms with Crippen molar-refractivity contribution in [3.05, 3.63) is 44.7 Å². The van der Waals surface area contributed by atoms with Gasteiger partial charge in [0.15, 0.2) is 11.0 Å². The second-order valence-electron chi connectivity index (χ2n) is 3.48. The first-order valence-electron chi connectivity index (χ1n) is 4.96. The van der Waals surface area contributed by atoms with Crippen LogP contribution >= 0.6 is 46.4 Å². The predicted molar refractivity (Wildman–Crippen MR) is 79.3 cm³/mol. The van der Waals surface area contributed by atoms with Crippen LogP contribution < -0.4 is 4.72 Å². The Hall–Kier alpha value is -0.790. The van der Waals surface area contributed by atoms with Gasteiger partial charge in [-0.15, -0.1) is 0 Å². The molecule has 20 heavy (non-hydrogen) atoms.